The van der Waals surface area contributed by atoms with E-state index in [0.29, 0.717) is 12.3 Å². The summed E-state index contributed by atoms with van der Waals surface area (Å²) in [6.07, 6.45) is 1.56. The molecule has 0 fully saturated rings. The highest BCUT2D eigenvalue weighted by atomic mass is 35.5. The lowest BCUT2D eigenvalue weighted by atomic mass is 10.1. The van der Waals surface area contributed by atoms with Crippen molar-refractivity contribution in [1.29, 1.82) is 0 Å². The maximum atomic E-state index is 13.4. The van der Waals surface area contributed by atoms with Crippen LogP contribution in [0.2, 0.25) is 5.02 Å². The van der Waals surface area contributed by atoms with E-state index in [0.717, 1.165) is 22.4 Å². The van der Waals surface area contributed by atoms with Crippen molar-refractivity contribution in [1.82, 2.24) is 9.78 Å². The lowest BCUT2D eigenvalue weighted by molar-refractivity contribution is 0.0992. The topological polar surface area (TPSA) is 69.3 Å². The Hall–Kier alpha value is -3.58. The molecule has 2 heterocycles. The highest BCUT2D eigenvalue weighted by Crippen LogP contribution is 2.23. The van der Waals surface area contributed by atoms with Crippen LogP contribution in [0.5, 0.6) is 5.75 Å². The van der Waals surface area contributed by atoms with Crippen molar-refractivity contribution in [2.45, 2.75) is 27.0 Å². The van der Waals surface area contributed by atoms with Crippen LogP contribution >= 0.6 is 11.6 Å². The van der Waals surface area contributed by atoms with E-state index < -0.39 is 5.91 Å². The highest BCUT2D eigenvalue weighted by molar-refractivity contribution is 6.33. The number of halogens is 2. The fourth-order valence-corrected chi connectivity index (χ4v) is 3.34. The third-order valence-electron chi connectivity index (χ3n) is 4.78. The number of hydrogen-bond acceptors (Lipinski definition) is 4. The van der Waals surface area contributed by atoms with Crippen molar-refractivity contribution in [3.8, 4) is 5.75 Å². The van der Waals surface area contributed by atoms with Crippen LogP contribution in [0.15, 0.2) is 65.2 Å². The summed E-state index contributed by atoms with van der Waals surface area (Å²) in [7, 11) is 0. The molecule has 32 heavy (non-hydrogen) atoms. The van der Waals surface area contributed by atoms with Gasteiger partial charge in [-0.2, -0.15) is 5.10 Å². The molecule has 1 amide bonds. The number of amides is 1. The molecule has 0 atom stereocenters. The summed E-state index contributed by atoms with van der Waals surface area (Å²) in [4.78, 5) is 12.6. The summed E-state index contributed by atoms with van der Waals surface area (Å²) in [5.74, 6) is 0.769. The number of aromatic nitrogens is 2. The van der Waals surface area contributed by atoms with Gasteiger partial charge >= 0.3 is 0 Å². The van der Waals surface area contributed by atoms with E-state index in [1.807, 2.05) is 32.0 Å². The van der Waals surface area contributed by atoms with Crippen LogP contribution in [0.25, 0.3) is 0 Å². The first kappa shape index (κ1) is 21.6. The third kappa shape index (κ3) is 5.18. The first-order valence-electron chi connectivity index (χ1n) is 9.95. The van der Waals surface area contributed by atoms with Gasteiger partial charge in [0.2, 0.25) is 0 Å². The molecule has 8 heteroatoms. The second kappa shape index (κ2) is 9.28. The molecule has 0 radical (unpaired) electrons. The van der Waals surface area contributed by atoms with Crippen molar-refractivity contribution in [3.63, 3.8) is 0 Å². The summed E-state index contributed by atoms with van der Waals surface area (Å²) >= 11 is 6.20. The van der Waals surface area contributed by atoms with E-state index in [1.165, 1.54) is 16.8 Å². The number of furan rings is 1. The number of nitrogens with one attached hydrogen (secondary N) is 1. The van der Waals surface area contributed by atoms with E-state index in [4.69, 9.17) is 20.8 Å². The molecule has 0 unspecified atom stereocenters. The number of anilines is 1. The van der Waals surface area contributed by atoms with Crippen LogP contribution in [-0.2, 0) is 13.2 Å². The van der Waals surface area contributed by atoms with Gasteiger partial charge in [-0.1, -0.05) is 35.9 Å². The number of nitrogens with zero attached hydrogens (tertiary/aromatic N) is 2. The Morgan fingerprint density at radius 1 is 1.19 bits per heavy atom. The Labute approximate surface area is 189 Å². The molecule has 1 N–H and O–H groups in total. The summed E-state index contributed by atoms with van der Waals surface area (Å²) in [5.41, 5.74) is 2.84. The van der Waals surface area contributed by atoms with Crippen LogP contribution < -0.4 is 10.1 Å². The molecule has 2 aromatic carbocycles. The highest BCUT2D eigenvalue weighted by Gasteiger charge is 2.16. The molecule has 164 valence electrons. The Morgan fingerprint density at radius 2 is 2.03 bits per heavy atom. The minimum Gasteiger partial charge on any atom is -0.485 e. The van der Waals surface area contributed by atoms with Crippen molar-refractivity contribution in [2.24, 2.45) is 0 Å². The molecule has 2 aromatic heterocycles. The second-order valence-electron chi connectivity index (χ2n) is 7.43. The van der Waals surface area contributed by atoms with Gasteiger partial charge in [0.1, 0.15) is 29.0 Å². The van der Waals surface area contributed by atoms with Gasteiger partial charge < -0.3 is 14.5 Å². The van der Waals surface area contributed by atoms with Crippen LogP contribution in [0, 0.1) is 19.7 Å². The van der Waals surface area contributed by atoms with E-state index in [9.17, 15) is 9.18 Å². The van der Waals surface area contributed by atoms with Gasteiger partial charge in [0.25, 0.3) is 5.91 Å². The number of rotatable bonds is 7. The Morgan fingerprint density at radius 3 is 2.84 bits per heavy atom. The SMILES string of the molecule is Cc1ccc(C)c(OCc2ccc(C(=O)Nc3nn(Cc4cccc(F)c4)cc3Cl)o2)c1. The molecule has 0 aliphatic carbocycles. The minimum absolute atomic E-state index is 0.111. The fourth-order valence-electron chi connectivity index (χ4n) is 3.14. The van der Waals surface area contributed by atoms with Gasteiger partial charge in [0.05, 0.1) is 6.54 Å². The van der Waals surface area contributed by atoms with Crippen molar-refractivity contribution < 1.29 is 18.3 Å². The van der Waals surface area contributed by atoms with Crippen LogP contribution in [0.1, 0.15) is 33.0 Å². The molecule has 6 nitrogen and oxygen atoms in total. The van der Waals surface area contributed by atoms with Crippen LogP contribution in [0.4, 0.5) is 10.2 Å². The first-order chi connectivity index (χ1) is 15.4. The van der Waals surface area contributed by atoms with Crippen molar-refractivity contribution >= 4 is 23.3 Å². The molecular formula is C24H21ClFN3O3. The van der Waals surface area contributed by atoms with Gasteiger partial charge in [-0.15, -0.1) is 0 Å². The van der Waals surface area contributed by atoms with Crippen molar-refractivity contribution in [2.75, 3.05) is 5.32 Å². The normalized spacial score (nSPS) is 10.9. The van der Waals surface area contributed by atoms with E-state index in [-0.39, 0.29) is 29.0 Å². The molecule has 4 aromatic rings. The van der Waals surface area contributed by atoms with E-state index >= 15 is 0 Å². The summed E-state index contributed by atoms with van der Waals surface area (Å²) in [5, 5.41) is 7.16. The van der Waals surface area contributed by atoms with E-state index in [2.05, 4.69) is 10.4 Å². The Kier molecular flexibility index (Phi) is 6.28. The molecule has 4 rings (SSSR count). The summed E-state index contributed by atoms with van der Waals surface area (Å²) < 4.78 is 26.3. The average molecular weight is 454 g/mol. The van der Waals surface area contributed by atoms with Crippen molar-refractivity contribution in [3.05, 3.63) is 99.8 Å². The minimum atomic E-state index is -0.485. The van der Waals surface area contributed by atoms with Gasteiger partial charge in [0, 0.05) is 6.20 Å². The maximum absolute atomic E-state index is 13.4. The van der Waals surface area contributed by atoms with Gasteiger partial charge in [-0.3, -0.25) is 9.48 Å². The molecule has 0 aliphatic heterocycles. The van der Waals surface area contributed by atoms with Gasteiger partial charge in [-0.05, 0) is 60.9 Å². The Balaban J connectivity index is 1.39. The zero-order valence-electron chi connectivity index (χ0n) is 17.6. The molecule has 0 bridgehead atoms. The third-order valence-corrected chi connectivity index (χ3v) is 5.06. The standard InChI is InChI=1S/C24H21ClFN3O3/c1-15-6-7-16(2)22(10-15)31-14-19-8-9-21(32-19)24(30)27-23-20(25)13-29(28-23)12-17-4-3-5-18(26)11-17/h3-11,13H,12,14H2,1-2H3,(H,27,28,30). The number of carbonyl (C=O) groups excluding carboxylic acids is 1. The van der Waals surface area contributed by atoms with Crippen LogP contribution in [-0.4, -0.2) is 15.7 Å². The number of carbonyl (C=O) groups is 1. The second-order valence-corrected chi connectivity index (χ2v) is 7.84. The van der Waals surface area contributed by atoms with E-state index in [1.54, 1.807) is 30.5 Å². The molecule has 0 saturated heterocycles. The zero-order chi connectivity index (χ0) is 22.7. The van der Waals surface area contributed by atoms with Gasteiger partial charge in [-0.25, -0.2) is 4.39 Å². The number of aryl methyl sites for hydroxylation is 2. The molecule has 0 spiro atoms. The number of benzene rings is 2. The smallest absolute Gasteiger partial charge is 0.292 e. The molecule has 0 saturated carbocycles. The number of hydrogen-bond donors (Lipinski definition) is 1. The summed E-state index contributed by atoms with van der Waals surface area (Å²) in [6.45, 7) is 4.47. The van der Waals surface area contributed by atoms with Gasteiger partial charge in [0.15, 0.2) is 11.6 Å². The summed E-state index contributed by atoms with van der Waals surface area (Å²) in [6, 6.07) is 15.4. The average Bonchev–Trinajstić information content (AvgIpc) is 3.35. The lowest BCUT2D eigenvalue weighted by Gasteiger charge is -2.08. The molecular weight excluding hydrogens is 433 g/mol. The maximum Gasteiger partial charge on any atom is 0.292 e. The predicted molar refractivity (Wildman–Crippen MR) is 120 cm³/mol. The Bertz CT molecular complexity index is 1270. The fraction of sp³-hybridized carbons (Fsp3) is 0.167. The van der Waals surface area contributed by atoms with Crippen LogP contribution in [0.3, 0.4) is 0 Å². The lowest BCUT2D eigenvalue weighted by Crippen LogP contribution is -2.12. The zero-order valence-corrected chi connectivity index (χ0v) is 18.3. The first-order valence-corrected chi connectivity index (χ1v) is 10.3. The monoisotopic (exact) mass is 453 g/mol. The predicted octanol–water partition coefficient (Wildman–Crippen LogP) is 5.77. The number of ether oxygens (including phenoxy) is 1. The quantitative estimate of drug-likeness (QED) is 0.386. The largest absolute Gasteiger partial charge is 0.485 e. The molecule has 0 aliphatic rings.